The maximum atomic E-state index is 11.6. The molecular formula is C11H23N3O. The van der Waals surface area contributed by atoms with E-state index in [9.17, 15) is 4.79 Å². The van der Waals surface area contributed by atoms with Gasteiger partial charge in [0.25, 0.3) is 0 Å². The molecule has 1 heterocycles. The van der Waals surface area contributed by atoms with Crippen LogP contribution in [0.1, 0.15) is 27.2 Å². The molecule has 2 N–H and O–H groups in total. The lowest BCUT2D eigenvalue weighted by molar-refractivity contribution is -0.129. The van der Waals surface area contributed by atoms with Gasteiger partial charge in [-0.2, -0.15) is 0 Å². The van der Waals surface area contributed by atoms with Gasteiger partial charge in [0.05, 0.1) is 0 Å². The van der Waals surface area contributed by atoms with Gasteiger partial charge in [-0.3, -0.25) is 4.79 Å². The molecule has 1 rings (SSSR count). The van der Waals surface area contributed by atoms with E-state index in [4.69, 9.17) is 5.73 Å². The molecule has 1 saturated heterocycles. The Morgan fingerprint density at radius 3 is 2.53 bits per heavy atom. The van der Waals surface area contributed by atoms with Crippen molar-refractivity contribution in [3.63, 3.8) is 0 Å². The van der Waals surface area contributed by atoms with E-state index in [1.165, 1.54) is 0 Å². The highest BCUT2D eigenvalue weighted by atomic mass is 16.2. The Kier molecular flexibility index (Phi) is 4.54. The monoisotopic (exact) mass is 213 g/mol. The zero-order valence-electron chi connectivity index (χ0n) is 10.1. The second-order valence-electron chi connectivity index (χ2n) is 4.35. The van der Waals surface area contributed by atoms with Crippen molar-refractivity contribution in [2.45, 2.75) is 39.3 Å². The van der Waals surface area contributed by atoms with Gasteiger partial charge in [0, 0.05) is 31.6 Å². The summed E-state index contributed by atoms with van der Waals surface area (Å²) in [5.41, 5.74) is 5.77. The van der Waals surface area contributed by atoms with Gasteiger partial charge in [0.2, 0.25) is 5.91 Å². The summed E-state index contributed by atoms with van der Waals surface area (Å²) >= 11 is 0. The number of likely N-dealkylation sites (tertiary alicyclic amines) is 1. The third-order valence-corrected chi connectivity index (χ3v) is 3.14. The average molecular weight is 213 g/mol. The van der Waals surface area contributed by atoms with Gasteiger partial charge in [0.1, 0.15) is 0 Å². The molecule has 0 saturated carbocycles. The summed E-state index contributed by atoms with van der Waals surface area (Å²) < 4.78 is 0. The van der Waals surface area contributed by atoms with Crippen LogP contribution in [0.3, 0.4) is 0 Å². The van der Waals surface area contributed by atoms with Crippen LogP contribution in [0.5, 0.6) is 0 Å². The van der Waals surface area contributed by atoms with Crippen molar-refractivity contribution in [1.29, 1.82) is 0 Å². The van der Waals surface area contributed by atoms with Crippen molar-refractivity contribution in [1.82, 2.24) is 9.80 Å². The largest absolute Gasteiger partial charge is 0.337 e. The van der Waals surface area contributed by atoms with Crippen molar-refractivity contribution in [2.75, 3.05) is 26.2 Å². The van der Waals surface area contributed by atoms with Crippen molar-refractivity contribution in [3.8, 4) is 0 Å². The molecule has 1 amide bonds. The van der Waals surface area contributed by atoms with Crippen molar-refractivity contribution in [2.24, 2.45) is 5.73 Å². The molecule has 2 atom stereocenters. The Bertz CT molecular complexity index is 216. The van der Waals surface area contributed by atoms with Gasteiger partial charge < -0.3 is 15.5 Å². The van der Waals surface area contributed by atoms with Gasteiger partial charge in [-0.25, -0.2) is 0 Å². The Balaban J connectivity index is 2.46. The van der Waals surface area contributed by atoms with Crippen LogP contribution in [0.25, 0.3) is 0 Å². The van der Waals surface area contributed by atoms with Crippen LogP contribution in [-0.2, 0) is 4.79 Å². The average Bonchev–Trinajstić information content (AvgIpc) is 2.54. The van der Waals surface area contributed by atoms with Crippen LogP contribution in [0.15, 0.2) is 0 Å². The molecule has 0 spiro atoms. The van der Waals surface area contributed by atoms with E-state index >= 15 is 0 Å². The third kappa shape index (κ3) is 3.18. The van der Waals surface area contributed by atoms with Crippen molar-refractivity contribution in [3.05, 3.63) is 0 Å². The number of hydrogen-bond donors (Lipinski definition) is 1. The first kappa shape index (κ1) is 12.5. The number of carbonyl (C=O) groups is 1. The lowest BCUT2D eigenvalue weighted by atomic mass is 10.2. The molecule has 4 nitrogen and oxygen atoms in total. The highest BCUT2D eigenvalue weighted by Gasteiger charge is 2.30. The molecule has 0 aromatic heterocycles. The molecule has 0 aromatic rings. The van der Waals surface area contributed by atoms with E-state index in [0.717, 1.165) is 26.2 Å². The lowest BCUT2D eigenvalue weighted by Gasteiger charge is -2.29. The zero-order valence-corrected chi connectivity index (χ0v) is 10.1. The summed E-state index contributed by atoms with van der Waals surface area (Å²) in [5.74, 6) is 0.210. The van der Waals surface area contributed by atoms with E-state index in [0.29, 0.717) is 6.42 Å². The quantitative estimate of drug-likeness (QED) is 0.713. The predicted octanol–water partition coefficient (Wildman–Crippen LogP) is 0.276. The topological polar surface area (TPSA) is 49.6 Å². The Morgan fingerprint density at radius 1 is 1.53 bits per heavy atom. The minimum atomic E-state index is 0.0386. The summed E-state index contributed by atoms with van der Waals surface area (Å²) in [5, 5.41) is 0. The number of nitrogens with zero attached hydrogens (tertiary/aromatic N) is 2. The minimum absolute atomic E-state index is 0.0386. The first-order chi connectivity index (χ1) is 7.08. The minimum Gasteiger partial charge on any atom is -0.337 e. The van der Waals surface area contributed by atoms with Crippen molar-refractivity contribution < 1.29 is 4.79 Å². The number of carbonyl (C=O) groups excluding carboxylic acids is 1. The Labute approximate surface area is 92.4 Å². The smallest absolute Gasteiger partial charge is 0.224 e. The maximum absolute atomic E-state index is 11.6. The van der Waals surface area contributed by atoms with Crippen LogP contribution in [0.2, 0.25) is 0 Å². The summed E-state index contributed by atoms with van der Waals surface area (Å²) in [6, 6.07) is 0.322. The van der Waals surface area contributed by atoms with Gasteiger partial charge >= 0.3 is 0 Å². The number of hydrogen-bond acceptors (Lipinski definition) is 3. The molecule has 2 unspecified atom stereocenters. The highest BCUT2D eigenvalue weighted by Crippen LogP contribution is 2.13. The first-order valence-electron chi connectivity index (χ1n) is 5.85. The van der Waals surface area contributed by atoms with Crippen LogP contribution in [0, 0.1) is 0 Å². The number of likely N-dealkylation sites (N-methyl/N-ethyl adjacent to an activating group) is 1. The van der Waals surface area contributed by atoms with Crippen LogP contribution < -0.4 is 5.73 Å². The molecule has 15 heavy (non-hydrogen) atoms. The molecule has 0 aliphatic carbocycles. The predicted molar refractivity (Wildman–Crippen MR) is 61.6 cm³/mol. The Hall–Kier alpha value is -0.610. The second kappa shape index (κ2) is 5.47. The number of rotatable bonds is 5. The van der Waals surface area contributed by atoms with E-state index in [1.54, 1.807) is 0 Å². The second-order valence-corrected chi connectivity index (χ2v) is 4.35. The maximum Gasteiger partial charge on any atom is 0.224 e. The summed E-state index contributed by atoms with van der Waals surface area (Å²) in [4.78, 5) is 15.9. The molecule has 4 heteroatoms. The summed E-state index contributed by atoms with van der Waals surface area (Å²) in [6.07, 6.45) is 0.516. The molecule has 88 valence electrons. The molecule has 0 aromatic carbocycles. The van der Waals surface area contributed by atoms with Crippen LogP contribution in [-0.4, -0.2) is 54.0 Å². The fourth-order valence-electron chi connectivity index (χ4n) is 2.14. The summed E-state index contributed by atoms with van der Waals surface area (Å²) in [7, 11) is 0. The van der Waals surface area contributed by atoms with Gasteiger partial charge in [-0.05, 0) is 20.0 Å². The SMILES string of the molecule is CCN(CC)CC(C)N1CC(N)CC1=O. The first-order valence-corrected chi connectivity index (χ1v) is 5.85. The summed E-state index contributed by atoms with van der Waals surface area (Å²) in [6.45, 7) is 10.1. The highest BCUT2D eigenvalue weighted by molar-refractivity contribution is 5.79. The molecule has 1 fully saturated rings. The molecule has 0 radical (unpaired) electrons. The molecular weight excluding hydrogens is 190 g/mol. The zero-order chi connectivity index (χ0) is 11.4. The fourth-order valence-corrected chi connectivity index (χ4v) is 2.14. The lowest BCUT2D eigenvalue weighted by Crippen LogP contribution is -2.43. The number of nitrogens with two attached hydrogens (primary N) is 1. The molecule has 0 bridgehead atoms. The molecule has 1 aliphatic heterocycles. The van der Waals surface area contributed by atoms with Gasteiger partial charge in [0.15, 0.2) is 0 Å². The Morgan fingerprint density at radius 2 is 2.13 bits per heavy atom. The van der Waals surface area contributed by atoms with E-state index in [-0.39, 0.29) is 18.0 Å². The van der Waals surface area contributed by atoms with Crippen LogP contribution in [0.4, 0.5) is 0 Å². The third-order valence-electron chi connectivity index (χ3n) is 3.14. The van der Waals surface area contributed by atoms with Crippen molar-refractivity contribution >= 4 is 5.91 Å². The number of amides is 1. The van der Waals surface area contributed by atoms with Gasteiger partial charge in [-0.15, -0.1) is 0 Å². The van der Waals surface area contributed by atoms with E-state index < -0.39 is 0 Å². The van der Waals surface area contributed by atoms with Gasteiger partial charge in [-0.1, -0.05) is 13.8 Å². The molecule has 1 aliphatic rings. The van der Waals surface area contributed by atoms with Crippen LogP contribution >= 0.6 is 0 Å². The van der Waals surface area contributed by atoms with E-state index in [2.05, 4.69) is 25.7 Å². The van der Waals surface area contributed by atoms with E-state index in [1.807, 2.05) is 4.90 Å². The normalized spacial score (nSPS) is 23.9. The standard InChI is InChI=1S/C11H23N3O/c1-4-13(5-2)7-9(3)14-8-10(12)6-11(14)15/h9-10H,4-8,12H2,1-3H3. The fraction of sp³-hybridized carbons (Fsp3) is 0.909.